The van der Waals surface area contributed by atoms with Crippen LogP contribution in [0.5, 0.6) is 0 Å². The number of hydrogen-bond acceptors (Lipinski definition) is 3. The topological polar surface area (TPSA) is 9.72 Å². The van der Waals surface area contributed by atoms with Crippen LogP contribution in [0.25, 0.3) is 0 Å². The van der Waals surface area contributed by atoms with E-state index in [1.807, 2.05) is 0 Å². The van der Waals surface area contributed by atoms with Crippen molar-refractivity contribution < 1.29 is 0 Å². The summed E-state index contributed by atoms with van der Waals surface area (Å²) >= 11 is 0. The first-order valence-corrected chi connectivity index (χ1v) is 8.79. The molecule has 0 spiro atoms. The van der Waals surface area contributed by atoms with Gasteiger partial charge in [0.2, 0.25) is 0 Å². The molecule has 2 rings (SSSR count). The number of nitrogens with zero attached hydrogens (tertiary/aromatic N) is 3. The second kappa shape index (κ2) is 8.09. The van der Waals surface area contributed by atoms with Gasteiger partial charge in [-0.25, -0.2) is 0 Å². The maximum absolute atomic E-state index is 2.49. The fourth-order valence-electron chi connectivity index (χ4n) is 3.16. The van der Waals surface area contributed by atoms with Crippen molar-refractivity contribution in [1.29, 1.82) is 0 Å². The zero-order valence-electron chi connectivity index (χ0n) is 16.0. The average molecular weight is 326 g/mol. The lowest BCUT2D eigenvalue weighted by molar-refractivity contribution is 0.615. The number of rotatable bonds is 7. The molecular weight excluding hydrogens is 294 g/mol. The van der Waals surface area contributed by atoms with E-state index in [2.05, 4.69) is 105 Å². The Labute approximate surface area is 147 Å². The zero-order valence-corrected chi connectivity index (χ0v) is 16.0. The second-order valence-electron chi connectivity index (χ2n) is 6.61. The van der Waals surface area contributed by atoms with E-state index in [0.717, 1.165) is 13.0 Å². The summed E-state index contributed by atoms with van der Waals surface area (Å²) in [6, 6.07) is 18.2. The van der Waals surface area contributed by atoms with Gasteiger partial charge in [0.1, 0.15) is 0 Å². The molecule has 0 saturated heterocycles. The average Bonchev–Trinajstić information content (AvgIpc) is 2.59. The molecule has 2 aromatic rings. The van der Waals surface area contributed by atoms with Crippen LogP contribution in [0.1, 0.15) is 31.9 Å². The summed E-state index contributed by atoms with van der Waals surface area (Å²) in [5, 5.41) is 0. The van der Waals surface area contributed by atoms with Crippen LogP contribution in [0.4, 0.5) is 17.1 Å². The van der Waals surface area contributed by atoms with E-state index in [1.54, 1.807) is 0 Å². The van der Waals surface area contributed by atoms with Gasteiger partial charge in [0.05, 0.1) is 6.04 Å². The van der Waals surface area contributed by atoms with Crippen molar-refractivity contribution in [2.24, 2.45) is 0 Å². The van der Waals surface area contributed by atoms with Gasteiger partial charge in [-0.2, -0.15) is 0 Å². The van der Waals surface area contributed by atoms with Crippen LogP contribution in [0, 0.1) is 0 Å². The monoisotopic (exact) mass is 325 g/mol. The molecule has 3 heteroatoms. The van der Waals surface area contributed by atoms with Crippen LogP contribution in [0.3, 0.4) is 0 Å². The van der Waals surface area contributed by atoms with Crippen molar-refractivity contribution in [2.75, 3.05) is 49.4 Å². The Hall–Kier alpha value is -2.16. The minimum Gasteiger partial charge on any atom is -0.378 e. The largest absolute Gasteiger partial charge is 0.378 e. The predicted octanol–water partition coefficient (Wildman–Crippen LogP) is 4.80. The molecule has 0 heterocycles. The third-order valence-electron chi connectivity index (χ3n) is 4.60. The summed E-state index contributed by atoms with van der Waals surface area (Å²) in [4.78, 5) is 6.77. The summed E-state index contributed by atoms with van der Waals surface area (Å²) in [6.07, 6.45) is 1.09. The minimum atomic E-state index is 0.399. The van der Waals surface area contributed by atoms with Gasteiger partial charge in [-0.1, -0.05) is 19.1 Å². The SMILES string of the molecule is CCC(c1ccc(N(C)C)cc1)N(CC)c1ccc(N(C)C)cc1. The van der Waals surface area contributed by atoms with Gasteiger partial charge in [0.15, 0.2) is 0 Å². The number of benzene rings is 2. The van der Waals surface area contributed by atoms with Gasteiger partial charge < -0.3 is 14.7 Å². The molecule has 0 fully saturated rings. The van der Waals surface area contributed by atoms with Gasteiger partial charge in [-0.15, -0.1) is 0 Å². The summed E-state index contributed by atoms with van der Waals surface area (Å²) in [5.41, 5.74) is 5.14. The van der Waals surface area contributed by atoms with Crippen LogP contribution in [-0.2, 0) is 0 Å². The maximum atomic E-state index is 2.49. The van der Waals surface area contributed by atoms with Crippen molar-refractivity contribution in [1.82, 2.24) is 0 Å². The van der Waals surface area contributed by atoms with Crippen LogP contribution in [0.2, 0.25) is 0 Å². The first-order valence-electron chi connectivity index (χ1n) is 8.79. The fraction of sp³-hybridized carbons (Fsp3) is 0.429. The van der Waals surface area contributed by atoms with E-state index in [4.69, 9.17) is 0 Å². The molecular formula is C21H31N3. The standard InChI is InChI=1S/C21H31N3/c1-7-21(17-9-11-18(12-10-17)22(3)4)24(8-2)20-15-13-19(14-16-20)23(5)6/h9-16,21H,7-8H2,1-6H3. The van der Waals surface area contributed by atoms with E-state index >= 15 is 0 Å². The van der Waals surface area contributed by atoms with Crippen molar-refractivity contribution in [3.8, 4) is 0 Å². The van der Waals surface area contributed by atoms with Crippen molar-refractivity contribution in [3.63, 3.8) is 0 Å². The molecule has 0 aliphatic rings. The molecule has 130 valence electrons. The van der Waals surface area contributed by atoms with E-state index in [9.17, 15) is 0 Å². The summed E-state index contributed by atoms with van der Waals surface area (Å²) in [5.74, 6) is 0. The normalized spacial score (nSPS) is 11.9. The summed E-state index contributed by atoms with van der Waals surface area (Å²) < 4.78 is 0. The number of anilines is 3. The molecule has 1 atom stereocenters. The summed E-state index contributed by atoms with van der Waals surface area (Å²) in [6.45, 7) is 5.49. The highest BCUT2D eigenvalue weighted by molar-refractivity contribution is 5.57. The highest BCUT2D eigenvalue weighted by atomic mass is 15.2. The molecule has 0 radical (unpaired) electrons. The summed E-state index contributed by atoms with van der Waals surface area (Å²) in [7, 11) is 8.31. The molecule has 0 bridgehead atoms. The highest BCUT2D eigenvalue weighted by Crippen LogP contribution is 2.31. The third-order valence-corrected chi connectivity index (χ3v) is 4.60. The molecule has 0 aliphatic heterocycles. The predicted molar refractivity (Wildman–Crippen MR) is 108 cm³/mol. The smallest absolute Gasteiger partial charge is 0.0539 e. The molecule has 0 saturated carbocycles. The van der Waals surface area contributed by atoms with Crippen molar-refractivity contribution >= 4 is 17.1 Å². The van der Waals surface area contributed by atoms with Gasteiger partial charge in [-0.05, 0) is 55.3 Å². The molecule has 1 unspecified atom stereocenters. The maximum Gasteiger partial charge on any atom is 0.0539 e. The van der Waals surface area contributed by atoms with Crippen LogP contribution in [0.15, 0.2) is 48.5 Å². The quantitative estimate of drug-likeness (QED) is 0.724. The molecule has 0 aromatic heterocycles. The first kappa shape index (κ1) is 18.2. The molecule has 0 N–H and O–H groups in total. The second-order valence-corrected chi connectivity index (χ2v) is 6.61. The molecule has 3 nitrogen and oxygen atoms in total. The van der Waals surface area contributed by atoms with Gasteiger partial charge >= 0.3 is 0 Å². The third kappa shape index (κ3) is 4.02. The number of hydrogen-bond donors (Lipinski definition) is 0. The van der Waals surface area contributed by atoms with Crippen LogP contribution < -0.4 is 14.7 Å². The van der Waals surface area contributed by atoms with E-state index in [-0.39, 0.29) is 0 Å². The molecule has 0 amide bonds. The lowest BCUT2D eigenvalue weighted by Crippen LogP contribution is -2.28. The Morgan fingerprint density at radius 2 is 1.08 bits per heavy atom. The Morgan fingerprint density at radius 3 is 1.46 bits per heavy atom. The Bertz CT molecular complexity index is 557. The minimum absolute atomic E-state index is 0.399. The van der Waals surface area contributed by atoms with E-state index < -0.39 is 0 Å². The van der Waals surface area contributed by atoms with Crippen LogP contribution in [-0.4, -0.2) is 34.7 Å². The molecule has 24 heavy (non-hydrogen) atoms. The Balaban J connectivity index is 2.28. The molecule has 0 aliphatic carbocycles. The van der Waals surface area contributed by atoms with Crippen molar-refractivity contribution in [3.05, 3.63) is 54.1 Å². The lowest BCUT2D eigenvalue weighted by atomic mass is 10.0. The fourth-order valence-corrected chi connectivity index (χ4v) is 3.16. The van der Waals surface area contributed by atoms with Crippen LogP contribution >= 0.6 is 0 Å². The van der Waals surface area contributed by atoms with E-state index in [0.29, 0.717) is 6.04 Å². The van der Waals surface area contributed by atoms with Gasteiger partial charge in [0.25, 0.3) is 0 Å². The molecule has 2 aromatic carbocycles. The lowest BCUT2D eigenvalue weighted by Gasteiger charge is -2.33. The van der Waals surface area contributed by atoms with Gasteiger partial charge in [0, 0.05) is 51.8 Å². The zero-order chi connectivity index (χ0) is 17.7. The Morgan fingerprint density at radius 1 is 0.667 bits per heavy atom. The highest BCUT2D eigenvalue weighted by Gasteiger charge is 2.18. The van der Waals surface area contributed by atoms with Crippen molar-refractivity contribution in [2.45, 2.75) is 26.3 Å². The first-order chi connectivity index (χ1) is 11.5. The van der Waals surface area contributed by atoms with E-state index in [1.165, 1.54) is 22.6 Å². The van der Waals surface area contributed by atoms with Gasteiger partial charge in [-0.3, -0.25) is 0 Å². The Kier molecular flexibility index (Phi) is 6.13.